The zero-order chi connectivity index (χ0) is 19.9. The smallest absolute Gasteiger partial charge is 0.224 e. The van der Waals surface area contributed by atoms with Crippen molar-refractivity contribution in [2.75, 3.05) is 18.4 Å². The number of carbonyl (C=O) groups is 2. The van der Waals surface area contributed by atoms with Crippen molar-refractivity contribution >= 4 is 23.1 Å². The molecule has 0 aromatic carbocycles. The van der Waals surface area contributed by atoms with E-state index < -0.39 is 0 Å². The lowest BCUT2D eigenvalue weighted by Gasteiger charge is -2.18. The molecular formula is C20H26N6O2. The molecule has 0 aliphatic heterocycles. The van der Waals surface area contributed by atoms with Crippen molar-refractivity contribution in [3.8, 4) is 0 Å². The van der Waals surface area contributed by atoms with Crippen LogP contribution in [0.1, 0.15) is 38.8 Å². The minimum atomic E-state index is -0.111. The zero-order valence-corrected chi connectivity index (χ0v) is 16.3. The van der Waals surface area contributed by atoms with Crippen LogP contribution in [0.15, 0.2) is 43.0 Å². The third kappa shape index (κ3) is 4.97. The molecule has 1 N–H and O–H groups in total. The van der Waals surface area contributed by atoms with Gasteiger partial charge in [0.2, 0.25) is 11.8 Å². The van der Waals surface area contributed by atoms with E-state index in [9.17, 15) is 9.59 Å². The van der Waals surface area contributed by atoms with Crippen LogP contribution in [0.25, 0.3) is 5.65 Å². The number of imidazole rings is 1. The Hall–Kier alpha value is -3.16. The minimum Gasteiger partial charge on any atom is -0.343 e. The van der Waals surface area contributed by atoms with Crippen molar-refractivity contribution in [3.05, 3.63) is 48.7 Å². The topological polar surface area (TPSA) is 84.5 Å². The predicted octanol–water partition coefficient (Wildman–Crippen LogP) is 2.56. The molecular weight excluding hydrogens is 356 g/mol. The molecule has 3 rings (SSSR count). The lowest BCUT2D eigenvalue weighted by molar-refractivity contribution is -0.130. The summed E-state index contributed by atoms with van der Waals surface area (Å²) in [5.74, 6) is -0.0160. The molecule has 0 bridgehead atoms. The number of hydrogen-bond donors (Lipinski definition) is 1. The van der Waals surface area contributed by atoms with E-state index in [-0.39, 0.29) is 11.8 Å². The van der Waals surface area contributed by atoms with E-state index in [1.807, 2.05) is 48.8 Å². The summed E-state index contributed by atoms with van der Waals surface area (Å²) < 4.78 is 3.70. The first-order chi connectivity index (χ1) is 13.6. The van der Waals surface area contributed by atoms with Gasteiger partial charge >= 0.3 is 0 Å². The van der Waals surface area contributed by atoms with Crippen molar-refractivity contribution in [3.63, 3.8) is 0 Å². The summed E-state index contributed by atoms with van der Waals surface area (Å²) in [6.07, 6.45) is 8.55. The summed E-state index contributed by atoms with van der Waals surface area (Å²) in [4.78, 5) is 30.4. The summed E-state index contributed by atoms with van der Waals surface area (Å²) in [5, 5.41) is 7.11. The molecule has 0 radical (unpaired) electrons. The molecule has 0 fully saturated rings. The standard InChI is InChI=1S/C20H26N6O2/c1-3-24(4-2)20(28)10-7-9-19(27)23-16-12-21-26(14-16)15-17-13-25-11-6-5-8-18(25)22-17/h5-6,8,11-14H,3-4,7,9-10,15H2,1-2H3,(H,23,27). The highest BCUT2D eigenvalue weighted by Gasteiger charge is 2.11. The molecule has 0 aliphatic carbocycles. The fraction of sp³-hybridized carbons (Fsp3) is 0.400. The van der Waals surface area contributed by atoms with Crippen molar-refractivity contribution in [2.24, 2.45) is 0 Å². The fourth-order valence-electron chi connectivity index (χ4n) is 3.10. The summed E-state index contributed by atoms with van der Waals surface area (Å²) in [6, 6.07) is 5.85. The molecule has 0 atom stereocenters. The fourth-order valence-corrected chi connectivity index (χ4v) is 3.10. The van der Waals surface area contributed by atoms with Gasteiger partial charge in [-0.25, -0.2) is 4.98 Å². The van der Waals surface area contributed by atoms with E-state index >= 15 is 0 Å². The molecule has 148 valence electrons. The quantitative estimate of drug-likeness (QED) is 0.616. The monoisotopic (exact) mass is 382 g/mol. The minimum absolute atomic E-state index is 0.0954. The molecule has 0 saturated carbocycles. The Morgan fingerprint density at radius 2 is 1.96 bits per heavy atom. The maximum atomic E-state index is 12.1. The van der Waals surface area contributed by atoms with E-state index in [1.54, 1.807) is 22.0 Å². The number of amides is 2. The van der Waals surface area contributed by atoms with Crippen LogP contribution >= 0.6 is 0 Å². The molecule has 0 spiro atoms. The second-order valence-corrected chi connectivity index (χ2v) is 6.59. The number of nitrogens with one attached hydrogen (secondary N) is 1. The van der Waals surface area contributed by atoms with Crippen molar-refractivity contribution in [2.45, 2.75) is 39.7 Å². The Balaban J connectivity index is 1.47. The van der Waals surface area contributed by atoms with Gasteiger partial charge in [0.05, 0.1) is 24.1 Å². The van der Waals surface area contributed by atoms with Gasteiger partial charge in [-0.15, -0.1) is 0 Å². The summed E-state index contributed by atoms with van der Waals surface area (Å²) in [5.41, 5.74) is 2.42. The number of aromatic nitrogens is 4. The third-order valence-corrected chi connectivity index (χ3v) is 4.57. The maximum Gasteiger partial charge on any atom is 0.224 e. The Morgan fingerprint density at radius 1 is 1.14 bits per heavy atom. The first-order valence-electron chi connectivity index (χ1n) is 9.61. The average molecular weight is 382 g/mol. The van der Waals surface area contributed by atoms with Gasteiger partial charge in [-0.2, -0.15) is 5.10 Å². The number of nitrogens with zero attached hydrogens (tertiary/aromatic N) is 5. The number of carbonyl (C=O) groups excluding carboxylic acids is 2. The second-order valence-electron chi connectivity index (χ2n) is 6.59. The Labute approximate surface area is 164 Å². The van der Waals surface area contributed by atoms with Gasteiger partial charge in [-0.05, 0) is 32.4 Å². The largest absolute Gasteiger partial charge is 0.343 e. The summed E-state index contributed by atoms with van der Waals surface area (Å²) in [6.45, 7) is 5.84. The van der Waals surface area contributed by atoms with Gasteiger partial charge in [-0.3, -0.25) is 14.3 Å². The predicted molar refractivity (Wildman–Crippen MR) is 107 cm³/mol. The SMILES string of the molecule is CCN(CC)C(=O)CCCC(=O)Nc1cnn(Cc2cn3ccccc3n2)c1. The highest BCUT2D eigenvalue weighted by atomic mass is 16.2. The number of anilines is 1. The number of hydrogen-bond acceptors (Lipinski definition) is 4. The van der Waals surface area contributed by atoms with Gasteiger partial charge in [0.1, 0.15) is 5.65 Å². The molecule has 3 aromatic heterocycles. The number of pyridine rings is 1. The lowest BCUT2D eigenvalue weighted by Crippen LogP contribution is -2.30. The molecule has 8 nitrogen and oxygen atoms in total. The lowest BCUT2D eigenvalue weighted by atomic mass is 10.2. The molecule has 28 heavy (non-hydrogen) atoms. The average Bonchev–Trinajstić information content (AvgIpc) is 3.29. The molecule has 3 aromatic rings. The highest BCUT2D eigenvalue weighted by molar-refractivity contribution is 5.90. The third-order valence-electron chi connectivity index (χ3n) is 4.57. The van der Waals surface area contributed by atoms with E-state index in [0.29, 0.717) is 44.6 Å². The van der Waals surface area contributed by atoms with E-state index in [2.05, 4.69) is 15.4 Å². The molecule has 0 unspecified atom stereocenters. The molecule has 0 aliphatic rings. The van der Waals surface area contributed by atoms with Crippen LogP contribution in [0.4, 0.5) is 5.69 Å². The normalized spacial score (nSPS) is 10.9. The van der Waals surface area contributed by atoms with Gasteiger partial charge in [0.25, 0.3) is 0 Å². The van der Waals surface area contributed by atoms with E-state index in [4.69, 9.17) is 0 Å². The molecule has 3 heterocycles. The number of rotatable bonds is 9. The summed E-state index contributed by atoms with van der Waals surface area (Å²) in [7, 11) is 0. The van der Waals surface area contributed by atoms with Crippen LogP contribution in [-0.4, -0.2) is 49.0 Å². The van der Waals surface area contributed by atoms with Crippen LogP contribution in [0, 0.1) is 0 Å². The molecule has 0 saturated heterocycles. The van der Waals surface area contributed by atoms with Crippen LogP contribution in [-0.2, 0) is 16.1 Å². The first-order valence-corrected chi connectivity index (χ1v) is 9.61. The molecule has 2 amide bonds. The van der Waals surface area contributed by atoms with Crippen molar-refractivity contribution in [1.82, 2.24) is 24.1 Å². The van der Waals surface area contributed by atoms with Crippen molar-refractivity contribution in [1.29, 1.82) is 0 Å². The van der Waals surface area contributed by atoms with Gasteiger partial charge in [0, 0.05) is 44.5 Å². The zero-order valence-electron chi connectivity index (χ0n) is 16.3. The van der Waals surface area contributed by atoms with Gasteiger partial charge in [0.15, 0.2) is 0 Å². The van der Waals surface area contributed by atoms with Crippen LogP contribution < -0.4 is 5.32 Å². The van der Waals surface area contributed by atoms with Crippen LogP contribution in [0.3, 0.4) is 0 Å². The second kappa shape index (κ2) is 9.16. The van der Waals surface area contributed by atoms with E-state index in [0.717, 1.165) is 11.3 Å². The maximum absolute atomic E-state index is 12.1. The van der Waals surface area contributed by atoms with Crippen LogP contribution in [0.2, 0.25) is 0 Å². The highest BCUT2D eigenvalue weighted by Crippen LogP contribution is 2.10. The number of fused-ring (bicyclic) bond motifs is 1. The Kier molecular flexibility index (Phi) is 6.41. The summed E-state index contributed by atoms with van der Waals surface area (Å²) >= 11 is 0. The van der Waals surface area contributed by atoms with Gasteiger partial charge < -0.3 is 14.6 Å². The van der Waals surface area contributed by atoms with Crippen LogP contribution in [0.5, 0.6) is 0 Å². The first kappa shape index (κ1) is 19.6. The molecule has 8 heteroatoms. The Morgan fingerprint density at radius 3 is 2.71 bits per heavy atom. The van der Waals surface area contributed by atoms with E-state index in [1.165, 1.54) is 0 Å². The van der Waals surface area contributed by atoms with Gasteiger partial charge in [-0.1, -0.05) is 6.07 Å². The van der Waals surface area contributed by atoms with Crippen molar-refractivity contribution < 1.29 is 9.59 Å². The Bertz CT molecular complexity index is 908.